The second-order valence-electron chi connectivity index (χ2n) is 10.5. The predicted octanol–water partition coefficient (Wildman–Crippen LogP) is 6.28. The number of rotatable bonds is 6. The van der Waals surface area contributed by atoms with Crippen LogP contribution in [0, 0.1) is 5.92 Å². The van der Waals surface area contributed by atoms with Gasteiger partial charge in [0.2, 0.25) is 5.91 Å². The summed E-state index contributed by atoms with van der Waals surface area (Å²) in [6, 6.07) is 25.6. The summed E-state index contributed by atoms with van der Waals surface area (Å²) in [5.41, 5.74) is 9.67. The zero-order valence-electron chi connectivity index (χ0n) is 22.0. The van der Waals surface area contributed by atoms with Gasteiger partial charge in [0, 0.05) is 18.7 Å². The van der Waals surface area contributed by atoms with Crippen LogP contribution >= 0.6 is 0 Å². The van der Waals surface area contributed by atoms with E-state index in [1.165, 1.54) is 16.0 Å². The summed E-state index contributed by atoms with van der Waals surface area (Å²) in [7, 11) is 0. The molecule has 0 atom stereocenters. The highest BCUT2D eigenvalue weighted by Crippen LogP contribution is 2.25. The van der Waals surface area contributed by atoms with Gasteiger partial charge in [-0.05, 0) is 71.6 Å². The van der Waals surface area contributed by atoms with E-state index in [4.69, 9.17) is 15.6 Å². The first-order chi connectivity index (χ1) is 17.6. The molecule has 0 unspecified atom stereocenters. The Labute approximate surface area is 220 Å². The fourth-order valence-electron chi connectivity index (χ4n) is 4.26. The SMILES string of the molecule is CC(C)(C)c1ccc(CC2CCN(C(=O)O)CC2)cc1.NC(=O)c1ccc(OCc2ccccc2)cc1. The van der Waals surface area contributed by atoms with Gasteiger partial charge < -0.3 is 20.5 Å². The third-order valence-corrected chi connectivity index (χ3v) is 6.62. The first-order valence-corrected chi connectivity index (χ1v) is 12.8. The van der Waals surface area contributed by atoms with Gasteiger partial charge in [-0.2, -0.15) is 0 Å². The average Bonchev–Trinajstić information content (AvgIpc) is 2.89. The number of primary amides is 1. The lowest BCUT2D eigenvalue weighted by Crippen LogP contribution is -2.37. The van der Waals surface area contributed by atoms with Crippen molar-refractivity contribution in [2.75, 3.05) is 13.1 Å². The van der Waals surface area contributed by atoms with Crippen LogP contribution in [-0.4, -0.2) is 35.1 Å². The molecule has 0 saturated carbocycles. The molecule has 1 saturated heterocycles. The average molecular weight is 503 g/mol. The Balaban J connectivity index is 0.000000208. The van der Waals surface area contributed by atoms with Crippen LogP contribution < -0.4 is 10.5 Å². The highest BCUT2D eigenvalue weighted by atomic mass is 16.5. The highest BCUT2D eigenvalue weighted by Gasteiger charge is 2.22. The van der Waals surface area contributed by atoms with Gasteiger partial charge >= 0.3 is 6.09 Å². The van der Waals surface area contributed by atoms with E-state index in [-0.39, 0.29) is 5.41 Å². The van der Waals surface area contributed by atoms with E-state index in [1.807, 2.05) is 30.3 Å². The van der Waals surface area contributed by atoms with Gasteiger partial charge in [-0.15, -0.1) is 0 Å². The smallest absolute Gasteiger partial charge is 0.407 e. The van der Waals surface area contributed by atoms with Crippen LogP contribution in [-0.2, 0) is 18.4 Å². The van der Waals surface area contributed by atoms with Gasteiger partial charge in [0.25, 0.3) is 0 Å². The number of benzene rings is 3. The van der Waals surface area contributed by atoms with Crippen molar-refractivity contribution >= 4 is 12.0 Å². The molecular weight excluding hydrogens is 464 g/mol. The normalized spacial score (nSPS) is 13.9. The number of likely N-dealkylation sites (tertiary alicyclic amines) is 1. The maximum absolute atomic E-state index is 10.9. The van der Waals surface area contributed by atoms with E-state index in [9.17, 15) is 9.59 Å². The number of nitrogens with two attached hydrogens (primary N) is 1. The molecule has 37 heavy (non-hydrogen) atoms. The summed E-state index contributed by atoms with van der Waals surface area (Å²) in [6.07, 6.45) is 2.25. The Morgan fingerprint density at radius 2 is 1.49 bits per heavy atom. The quantitative estimate of drug-likeness (QED) is 0.415. The molecule has 3 N–H and O–H groups in total. The van der Waals surface area contributed by atoms with Gasteiger partial charge in [0.1, 0.15) is 12.4 Å². The first kappa shape index (κ1) is 27.8. The van der Waals surface area contributed by atoms with Crippen molar-refractivity contribution in [3.05, 3.63) is 101 Å². The lowest BCUT2D eigenvalue weighted by atomic mass is 9.85. The molecule has 0 aromatic heterocycles. The minimum atomic E-state index is -0.780. The Morgan fingerprint density at radius 3 is 2.00 bits per heavy atom. The van der Waals surface area contributed by atoms with Gasteiger partial charge in [0.15, 0.2) is 0 Å². The van der Waals surface area contributed by atoms with E-state index >= 15 is 0 Å². The van der Waals surface area contributed by atoms with Gasteiger partial charge in [-0.1, -0.05) is 75.4 Å². The molecule has 6 heteroatoms. The summed E-state index contributed by atoms with van der Waals surface area (Å²) in [4.78, 5) is 23.3. The second kappa shape index (κ2) is 12.9. The monoisotopic (exact) mass is 502 g/mol. The third-order valence-electron chi connectivity index (χ3n) is 6.62. The van der Waals surface area contributed by atoms with Gasteiger partial charge in [-0.3, -0.25) is 4.79 Å². The predicted molar refractivity (Wildman–Crippen MR) is 147 cm³/mol. The molecule has 196 valence electrons. The lowest BCUT2D eigenvalue weighted by molar-refractivity contribution is 0.1000. The zero-order chi connectivity index (χ0) is 26.8. The third kappa shape index (κ3) is 8.98. The number of nitrogens with zero attached hydrogens (tertiary/aromatic N) is 1. The first-order valence-electron chi connectivity index (χ1n) is 12.8. The standard InChI is InChI=1S/C17H25NO2.C14H13NO2/c1-17(2,3)15-6-4-13(5-7-15)12-14-8-10-18(11-9-14)16(19)20;15-14(16)12-6-8-13(9-7-12)17-10-11-4-2-1-3-5-11/h4-7,14H,8-12H2,1-3H3,(H,19,20);1-9H,10H2,(H2,15,16). The zero-order valence-corrected chi connectivity index (χ0v) is 22.0. The number of piperidine rings is 1. The van der Waals surface area contributed by atoms with Crippen molar-refractivity contribution in [2.45, 2.75) is 52.1 Å². The van der Waals surface area contributed by atoms with E-state index in [0.717, 1.165) is 30.6 Å². The number of hydrogen-bond donors (Lipinski definition) is 2. The number of carboxylic acid groups (broad SMARTS) is 1. The Morgan fingerprint density at radius 1 is 0.892 bits per heavy atom. The van der Waals surface area contributed by atoms with Crippen LogP contribution in [0.3, 0.4) is 0 Å². The Bertz CT molecular complexity index is 1130. The number of carbonyl (C=O) groups excluding carboxylic acids is 1. The fraction of sp³-hybridized carbons (Fsp3) is 0.355. The van der Waals surface area contributed by atoms with Gasteiger partial charge in [-0.25, -0.2) is 4.79 Å². The molecule has 1 heterocycles. The number of amides is 2. The molecule has 1 fully saturated rings. The van der Waals surface area contributed by atoms with Crippen LogP contribution in [0.5, 0.6) is 5.75 Å². The van der Waals surface area contributed by atoms with Crippen molar-refractivity contribution in [1.29, 1.82) is 0 Å². The molecule has 1 aliphatic heterocycles. The van der Waals surface area contributed by atoms with Crippen molar-refractivity contribution in [3.63, 3.8) is 0 Å². The lowest BCUT2D eigenvalue weighted by Gasteiger charge is -2.30. The molecule has 0 bridgehead atoms. The molecule has 3 aromatic rings. The summed E-state index contributed by atoms with van der Waals surface area (Å²) in [6.45, 7) is 8.55. The van der Waals surface area contributed by atoms with Crippen LogP contribution in [0.2, 0.25) is 0 Å². The molecule has 4 rings (SSSR count). The number of carbonyl (C=O) groups is 2. The van der Waals surface area contributed by atoms with E-state index in [0.29, 0.717) is 31.2 Å². The number of ether oxygens (including phenoxy) is 1. The Hall–Kier alpha value is -3.80. The van der Waals surface area contributed by atoms with Crippen molar-refractivity contribution in [1.82, 2.24) is 4.90 Å². The van der Waals surface area contributed by atoms with Crippen LogP contribution in [0.4, 0.5) is 4.79 Å². The summed E-state index contributed by atoms with van der Waals surface area (Å²) < 4.78 is 5.57. The summed E-state index contributed by atoms with van der Waals surface area (Å²) in [5.74, 6) is 0.907. The van der Waals surface area contributed by atoms with Crippen LogP contribution in [0.15, 0.2) is 78.9 Å². The summed E-state index contributed by atoms with van der Waals surface area (Å²) in [5, 5.41) is 8.95. The topological polar surface area (TPSA) is 92.9 Å². The highest BCUT2D eigenvalue weighted by molar-refractivity contribution is 5.92. The minimum Gasteiger partial charge on any atom is -0.489 e. The van der Waals surface area contributed by atoms with E-state index < -0.39 is 12.0 Å². The fourth-order valence-corrected chi connectivity index (χ4v) is 4.26. The van der Waals surface area contributed by atoms with Crippen LogP contribution in [0.1, 0.15) is 60.7 Å². The van der Waals surface area contributed by atoms with Crippen LogP contribution in [0.25, 0.3) is 0 Å². The minimum absolute atomic E-state index is 0.200. The molecule has 0 radical (unpaired) electrons. The van der Waals surface area contributed by atoms with E-state index in [2.05, 4.69) is 45.0 Å². The molecule has 0 spiro atoms. The Kier molecular flexibility index (Phi) is 9.72. The van der Waals surface area contributed by atoms with E-state index in [1.54, 1.807) is 24.3 Å². The van der Waals surface area contributed by atoms with Gasteiger partial charge in [0.05, 0.1) is 0 Å². The maximum atomic E-state index is 10.9. The largest absolute Gasteiger partial charge is 0.489 e. The summed E-state index contributed by atoms with van der Waals surface area (Å²) >= 11 is 0. The number of hydrogen-bond acceptors (Lipinski definition) is 3. The molecule has 2 amide bonds. The molecule has 3 aromatic carbocycles. The molecule has 1 aliphatic rings. The molecule has 0 aliphatic carbocycles. The second-order valence-corrected chi connectivity index (χ2v) is 10.5. The van der Waals surface area contributed by atoms with Crippen molar-refractivity contribution < 1.29 is 19.4 Å². The maximum Gasteiger partial charge on any atom is 0.407 e. The molecular formula is C31H38N2O4. The molecule has 6 nitrogen and oxygen atoms in total. The van der Waals surface area contributed by atoms with Crippen molar-refractivity contribution in [3.8, 4) is 5.75 Å². The van der Waals surface area contributed by atoms with Crippen molar-refractivity contribution in [2.24, 2.45) is 11.7 Å².